The van der Waals surface area contributed by atoms with Gasteiger partial charge in [0.15, 0.2) is 0 Å². The van der Waals surface area contributed by atoms with Crippen molar-refractivity contribution in [2.24, 2.45) is 0 Å². The maximum atomic E-state index is 10.1. The summed E-state index contributed by atoms with van der Waals surface area (Å²) in [5, 5.41) is 0. The van der Waals surface area contributed by atoms with Crippen LogP contribution in [0, 0.1) is 0 Å². The zero-order chi connectivity index (χ0) is 6.69. The first-order valence-electron chi connectivity index (χ1n) is 3.07. The fourth-order valence-corrected chi connectivity index (χ4v) is 0.863. The fraction of sp³-hybridized carbons (Fsp3) is 0.833. The molecule has 0 saturated carbocycles. The van der Waals surface area contributed by atoms with Crippen molar-refractivity contribution in [1.29, 1.82) is 0 Å². The van der Waals surface area contributed by atoms with Crippen LogP contribution in [-0.4, -0.2) is 37.1 Å². The molecule has 3 heteroatoms. The Kier molecular flexibility index (Phi) is 2.05. The first kappa shape index (κ1) is 6.55. The van der Waals surface area contributed by atoms with Gasteiger partial charge in [0.25, 0.3) is 0 Å². The van der Waals surface area contributed by atoms with Gasteiger partial charge in [0, 0.05) is 6.54 Å². The molecule has 0 aromatic heterocycles. The zero-order valence-corrected chi connectivity index (χ0v) is 5.46. The summed E-state index contributed by atoms with van der Waals surface area (Å²) in [6.07, 6.45) is 1.86. The molecule has 51 valence electrons. The SMILES string of the molecule is CC1COCCN1[C]=O. The molecule has 1 amide bonds. The Morgan fingerprint density at radius 3 is 3.00 bits per heavy atom. The minimum atomic E-state index is 0.205. The Bertz CT molecular complexity index is 105. The smallest absolute Gasteiger partial charge is 0.312 e. The summed E-state index contributed by atoms with van der Waals surface area (Å²) in [5.74, 6) is 0. The summed E-state index contributed by atoms with van der Waals surface area (Å²) in [4.78, 5) is 11.7. The van der Waals surface area contributed by atoms with Gasteiger partial charge in [0.05, 0.1) is 19.3 Å². The Morgan fingerprint density at radius 1 is 1.78 bits per heavy atom. The molecular weight excluding hydrogens is 118 g/mol. The molecule has 0 aliphatic carbocycles. The Labute approximate surface area is 54.6 Å². The van der Waals surface area contributed by atoms with Gasteiger partial charge in [0.2, 0.25) is 0 Å². The molecule has 1 rings (SSSR count). The van der Waals surface area contributed by atoms with Crippen LogP contribution in [0.5, 0.6) is 0 Å². The van der Waals surface area contributed by atoms with Gasteiger partial charge < -0.3 is 9.64 Å². The highest BCUT2D eigenvalue weighted by Crippen LogP contribution is 2.01. The van der Waals surface area contributed by atoms with E-state index in [1.807, 2.05) is 13.3 Å². The van der Waals surface area contributed by atoms with Gasteiger partial charge in [-0.3, -0.25) is 4.79 Å². The Morgan fingerprint density at radius 2 is 2.56 bits per heavy atom. The Hall–Kier alpha value is -0.570. The van der Waals surface area contributed by atoms with E-state index in [4.69, 9.17) is 4.74 Å². The van der Waals surface area contributed by atoms with Crippen molar-refractivity contribution in [3.63, 3.8) is 0 Å². The zero-order valence-electron chi connectivity index (χ0n) is 5.46. The third kappa shape index (κ3) is 1.42. The number of hydrogen-bond donors (Lipinski definition) is 0. The van der Waals surface area contributed by atoms with E-state index >= 15 is 0 Å². The molecule has 0 spiro atoms. The van der Waals surface area contributed by atoms with Crippen LogP contribution in [0.25, 0.3) is 0 Å². The first-order valence-corrected chi connectivity index (χ1v) is 3.07. The van der Waals surface area contributed by atoms with Crippen molar-refractivity contribution in [3.8, 4) is 0 Å². The lowest BCUT2D eigenvalue weighted by Gasteiger charge is -2.28. The molecule has 0 aromatic carbocycles. The summed E-state index contributed by atoms with van der Waals surface area (Å²) in [6, 6.07) is 0.205. The molecular formula is C6H10NO2. The molecule has 1 fully saturated rings. The molecule has 1 atom stereocenters. The molecule has 1 heterocycles. The quantitative estimate of drug-likeness (QED) is 0.488. The lowest BCUT2D eigenvalue weighted by molar-refractivity contribution is 0.0321. The van der Waals surface area contributed by atoms with E-state index in [0.717, 1.165) is 0 Å². The van der Waals surface area contributed by atoms with E-state index in [1.165, 1.54) is 0 Å². The molecule has 0 aromatic rings. The van der Waals surface area contributed by atoms with Gasteiger partial charge in [-0.1, -0.05) is 0 Å². The van der Waals surface area contributed by atoms with Gasteiger partial charge in [-0.05, 0) is 6.92 Å². The molecule has 1 aliphatic heterocycles. The topological polar surface area (TPSA) is 29.5 Å². The minimum Gasteiger partial charge on any atom is -0.377 e. The average molecular weight is 128 g/mol. The predicted molar refractivity (Wildman–Crippen MR) is 32.7 cm³/mol. The Balaban J connectivity index is 2.38. The molecule has 1 aliphatic rings. The third-order valence-electron chi connectivity index (χ3n) is 1.48. The highest BCUT2D eigenvalue weighted by molar-refractivity contribution is 5.48. The number of amides is 1. The van der Waals surface area contributed by atoms with Crippen LogP contribution < -0.4 is 0 Å². The van der Waals surface area contributed by atoms with Gasteiger partial charge >= 0.3 is 6.41 Å². The monoisotopic (exact) mass is 128 g/mol. The van der Waals surface area contributed by atoms with Gasteiger partial charge in [-0.25, -0.2) is 0 Å². The van der Waals surface area contributed by atoms with Crippen LogP contribution in [0.4, 0.5) is 0 Å². The third-order valence-corrected chi connectivity index (χ3v) is 1.48. The van der Waals surface area contributed by atoms with Crippen molar-refractivity contribution in [2.45, 2.75) is 13.0 Å². The average Bonchev–Trinajstić information content (AvgIpc) is 1.89. The number of ether oxygens (including phenoxy) is 1. The van der Waals surface area contributed by atoms with E-state index in [1.54, 1.807) is 4.90 Å². The fourth-order valence-electron chi connectivity index (χ4n) is 0.863. The van der Waals surface area contributed by atoms with Crippen molar-refractivity contribution >= 4 is 6.41 Å². The predicted octanol–water partition coefficient (Wildman–Crippen LogP) is -0.226. The lowest BCUT2D eigenvalue weighted by Crippen LogP contribution is -2.42. The molecule has 0 bridgehead atoms. The van der Waals surface area contributed by atoms with Crippen molar-refractivity contribution < 1.29 is 9.53 Å². The van der Waals surface area contributed by atoms with Crippen molar-refractivity contribution in [2.75, 3.05) is 19.8 Å². The molecule has 1 radical (unpaired) electrons. The second-order valence-corrected chi connectivity index (χ2v) is 2.21. The summed E-state index contributed by atoms with van der Waals surface area (Å²) < 4.78 is 5.09. The van der Waals surface area contributed by atoms with Crippen LogP contribution >= 0.6 is 0 Å². The summed E-state index contributed by atoms with van der Waals surface area (Å²) in [7, 11) is 0. The number of hydrogen-bond acceptors (Lipinski definition) is 2. The van der Waals surface area contributed by atoms with Crippen LogP contribution in [-0.2, 0) is 9.53 Å². The van der Waals surface area contributed by atoms with Crippen LogP contribution in [0.2, 0.25) is 0 Å². The van der Waals surface area contributed by atoms with Gasteiger partial charge in [-0.2, -0.15) is 0 Å². The number of rotatable bonds is 1. The van der Waals surface area contributed by atoms with Crippen LogP contribution in [0.1, 0.15) is 6.92 Å². The van der Waals surface area contributed by atoms with E-state index in [-0.39, 0.29) is 6.04 Å². The van der Waals surface area contributed by atoms with Crippen LogP contribution in [0.3, 0.4) is 0 Å². The molecule has 9 heavy (non-hydrogen) atoms. The van der Waals surface area contributed by atoms with Gasteiger partial charge in [-0.15, -0.1) is 0 Å². The molecule has 1 unspecified atom stereocenters. The van der Waals surface area contributed by atoms with Crippen LogP contribution in [0.15, 0.2) is 0 Å². The minimum absolute atomic E-state index is 0.205. The molecule has 1 saturated heterocycles. The maximum Gasteiger partial charge on any atom is 0.312 e. The van der Waals surface area contributed by atoms with E-state index in [9.17, 15) is 4.79 Å². The second kappa shape index (κ2) is 2.82. The highest BCUT2D eigenvalue weighted by atomic mass is 16.5. The second-order valence-electron chi connectivity index (χ2n) is 2.21. The van der Waals surface area contributed by atoms with Crippen molar-refractivity contribution in [1.82, 2.24) is 4.90 Å². The summed E-state index contributed by atoms with van der Waals surface area (Å²) >= 11 is 0. The maximum absolute atomic E-state index is 10.1. The van der Waals surface area contributed by atoms with E-state index in [0.29, 0.717) is 19.8 Å². The van der Waals surface area contributed by atoms with E-state index in [2.05, 4.69) is 0 Å². The largest absolute Gasteiger partial charge is 0.377 e. The molecule has 0 N–H and O–H groups in total. The highest BCUT2D eigenvalue weighted by Gasteiger charge is 2.16. The number of carbonyl (C=O) groups excluding carboxylic acids is 1. The number of morpholine rings is 1. The standard InChI is InChI=1S/C6H10NO2/c1-6-4-9-3-2-7(6)5-8/h6H,2-4H2,1H3. The van der Waals surface area contributed by atoms with E-state index < -0.39 is 0 Å². The molecule has 3 nitrogen and oxygen atoms in total. The first-order chi connectivity index (χ1) is 4.34. The normalized spacial score (nSPS) is 28.1. The van der Waals surface area contributed by atoms with Gasteiger partial charge in [0.1, 0.15) is 0 Å². The summed E-state index contributed by atoms with van der Waals surface area (Å²) in [6.45, 7) is 3.93. The lowest BCUT2D eigenvalue weighted by atomic mass is 10.3. The number of nitrogens with zero attached hydrogens (tertiary/aromatic N) is 1. The van der Waals surface area contributed by atoms with Crippen molar-refractivity contribution in [3.05, 3.63) is 0 Å². The summed E-state index contributed by atoms with van der Waals surface area (Å²) in [5.41, 5.74) is 0.